The van der Waals surface area contributed by atoms with Gasteiger partial charge in [-0.1, -0.05) is 13.8 Å². The van der Waals surface area contributed by atoms with Crippen LogP contribution < -0.4 is 15.2 Å². The predicted octanol–water partition coefficient (Wildman–Crippen LogP) is 2.08. The van der Waals surface area contributed by atoms with Crippen LogP contribution in [0.25, 0.3) is 0 Å². The third-order valence-electron chi connectivity index (χ3n) is 3.74. The Hall–Kier alpha value is -1.75. The zero-order valence-corrected chi connectivity index (χ0v) is 14.3. The molecule has 0 bridgehead atoms. The first-order chi connectivity index (χ1) is 10.3. The Morgan fingerprint density at radius 1 is 1.27 bits per heavy atom. The summed E-state index contributed by atoms with van der Waals surface area (Å²) in [7, 11) is 5.07. The third kappa shape index (κ3) is 5.22. The largest absolute Gasteiger partial charge is 0.497 e. The fourth-order valence-electron chi connectivity index (χ4n) is 2.30. The summed E-state index contributed by atoms with van der Waals surface area (Å²) < 4.78 is 10.6. The highest BCUT2D eigenvalue weighted by Crippen LogP contribution is 2.25. The molecule has 0 aromatic heterocycles. The van der Waals surface area contributed by atoms with E-state index in [1.165, 1.54) is 0 Å². The minimum atomic E-state index is -0.0714. The third-order valence-corrected chi connectivity index (χ3v) is 3.74. The number of nitrogens with two attached hydrogens (primary N) is 1. The van der Waals surface area contributed by atoms with Crippen LogP contribution in [0.2, 0.25) is 0 Å². The molecule has 22 heavy (non-hydrogen) atoms. The highest BCUT2D eigenvalue weighted by molar-refractivity contribution is 5.76. The van der Waals surface area contributed by atoms with E-state index in [1.54, 1.807) is 19.1 Å². The van der Waals surface area contributed by atoms with Crippen LogP contribution in [-0.2, 0) is 11.2 Å². The molecule has 1 aromatic rings. The molecular formula is C17H28N2O3. The Morgan fingerprint density at radius 3 is 2.50 bits per heavy atom. The zero-order valence-electron chi connectivity index (χ0n) is 14.3. The van der Waals surface area contributed by atoms with Crippen molar-refractivity contribution >= 4 is 5.91 Å². The van der Waals surface area contributed by atoms with Crippen LogP contribution >= 0.6 is 0 Å². The Balaban J connectivity index is 2.67. The van der Waals surface area contributed by atoms with Gasteiger partial charge in [-0.2, -0.15) is 0 Å². The van der Waals surface area contributed by atoms with Crippen molar-refractivity contribution in [1.82, 2.24) is 4.90 Å². The molecule has 5 nitrogen and oxygen atoms in total. The molecule has 0 atom stereocenters. The first-order valence-corrected chi connectivity index (χ1v) is 7.48. The lowest BCUT2D eigenvalue weighted by Gasteiger charge is -2.29. The van der Waals surface area contributed by atoms with Gasteiger partial charge < -0.3 is 20.1 Å². The summed E-state index contributed by atoms with van der Waals surface area (Å²) >= 11 is 0. The van der Waals surface area contributed by atoms with Crippen LogP contribution in [-0.4, -0.2) is 45.2 Å². The monoisotopic (exact) mass is 308 g/mol. The standard InChI is InChI=1S/C17H28N2O3/c1-17(2,11-18)12-19(3)16(20)9-6-13-10-14(21-4)7-8-15(13)22-5/h7-8,10H,6,9,11-12,18H2,1-5H3. The fourth-order valence-corrected chi connectivity index (χ4v) is 2.30. The van der Waals surface area contributed by atoms with Crippen LogP contribution in [0.3, 0.4) is 0 Å². The Morgan fingerprint density at radius 2 is 1.95 bits per heavy atom. The quantitative estimate of drug-likeness (QED) is 0.798. The first-order valence-electron chi connectivity index (χ1n) is 7.48. The number of carbonyl (C=O) groups excluding carboxylic acids is 1. The smallest absolute Gasteiger partial charge is 0.222 e. The number of amides is 1. The second-order valence-electron chi connectivity index (χ2n) is 6.30. The molecule has 0 saturated heterocycles. The molecule has 1 aromatic carbocycles. The van der Waals surface area contributed by atoms with Crippen LogP contribution in [0.1, 0.15) is 25.8 Å². The molecular weight excluding hydrogens is 280 g/mol. The summed E-state index contributed by atoms with van der Waals surface area (Å²) in [6.45, 7) is 5.32. The van der Waals surface area contributed by atoms with Gasteiger partial charge in [-0.05, 0) is 42.1 Å². The Labute approximate surface area is 133 Å². The van der Waals surface area contributed by atoms with E-state index in [0.717, 1.165) is 17.1 Å². The second-order valence-corrected chi connectivity index (χ2v) is 6.30. The van der Waals surface area contributed by atoms with Gasteiger partial charge in [-0.25, -0.2) is 0 Å². The molecule has 0 aliphatic heterocycles. The highest BCUT2D eigenvalue weighted by atomic mass is 16.5. The van der Waals surface area contributed by atoms with Gasteiger partial charge in [0.2, 0.25) is 5.91 Å². The van der Waals surface area contributed by atoms with Gasteiger partial charge >= 0.3 is 0 Å². The SMILES string of the molecule is COc1ccc(OC)c(CCC(=O)N(C)CC(C)(C)CN)c1. The average Bonchev–Trinajstić information content (AvgIpc) is 2.51. The molecule has 0 unspecified atom stereocenters. The minimum absolute atomic E-state index is 0.0714. The number of hydrogen-bond donors (Lipinski definition) is 1. The Kier molecular flexibility index (Phi) is 6.68. The van der Waals surface area contributed by atoms with Gasteiger partial charge in [0.1, 0.15) is 11.5 Å². The van der Waals surface area contributed by atoms with Crippen molar-refractivity contribution in [3.8, 4) is 11.5 Å². The number of methoxy groups -OCH3 is 2. The zero-order chi connectivity index (χ0) is 16.8. The summed E-state index contributed by atoms with van der Waals surface area (Å²) in [6, 6.07) is 5.62. The van der Waals surface area contributed by atoms with Gasteiger partial charge in [0.05, 0.1) is 14.2 Å². The number of benzene rings is 1. The van der Waals surface area contributed by atoms with Crippen LogP contribution in [0.15, 0.2) is 18.2 Å². The number of rotatable bonds is 8. The second kappa shape index (κ2) is 8.03. The van der Waals surface area contributed by atoms with Gasteiger partial charge in [-0.15, -0.1) is 0 Å². The van der Waals surface area contributed by atoms with E-state index in [2.05, 4.69) is 13.8 Å². The van der Waals surface area contributed by atoms with Gasteiger partial charge in [0, 0.05) is 20.0 Å². The van der Waals surface area contributed by atoms with Crippen molar-refractivity contribution in [3.63, 3.8) is 0 Å². The number of carbonyl (C=O) groups is 1. The van der Waals surface area contributed by atoms with Crippen molar-refractivity contribution in [2.45, 2.75) is 26.7 Å². The molecule has 0 radical (unpaired) electrons. The number of hydrogen-bond acceptors (Lipinski definition) is 4. The van der Waals surface area contributed by atoms with E-state index in [0.29, 0.717) is 25.9 Å². The molecule has 0 aliphatic rings. The molecule has 5 heteroatoms. The molecule has 2 N–H and O–H groups in total. The van der Waals surface area contributed by atoms with Gasteiger partial charge in [-0.3, -0.25) is 4.79 Å². The van der Waals surface area contributed by atoms with Crippen molar-refractivity contribution < 1.29 is 14.3 Å². The predicted molar refractivity (Wildman–Crippen MR) is 88.3 cm³/mol. The van der Waals surface area contributed by atoms with Crippen LogP contribution in [0.5, 0.6) is 11.5 Å². The summed E-state index contributed by atoms with van der Waals surface area (Å²) in [4.78, 5) is 14.0. The van der Waals surface area contributed by atoms with E-state index < -0.39 is 0 Å². The lowest BCUT2D eigenvalue weighted by molar-refractivity contribution is -0.131. The first kappa shape index (κ1) is 18.3. The summed E-state index contributed by atoms with van der Waals surface area (Å²) in [5, 5.41) is 0. The maximum absolute atomic E-state index is 12.3. The molecule has 0 fully saturated rings. The van der Waals surface area contributed by atoms with E-state index >= 15 is 0 Å². The summed E-state index contributed by atoms with van der Waals surface area (Å²) in [5.74, 6) is 1.64. The maximum Gasteiger partial charge on any atom is 0.222 e. The molecule has 0 spiro atoms. The van der Waals surface area contributed by atoms with Crippen molar-refractivity contribution in [2.75, 3.05) is 34.4 Å². The van der Waals surface area contributed by atoms with E-state index in [9.17, 15) is 4.79 Å². The van der Waals surface area contributed by atoms with Crippen LogP contribution in [0, 0.1) is 5.41 Å². The molecule has 1 rings (SSSR count). The normalized spacial score (nSPS) is 11.2. The van der Waals surface area contributed by atoms with E-state index in [1.807, 2.05) is 25.2 Å². The van der Waals surface area contributed by atoms with Crippen molar-refractivity contribution in [3.05, 3.63) is 23.8 Å². The van der Waals surface area contributed by atoms with Crippen molar-refractivity contribution in [1.29, 1.82) is 0 Å². The molecule has 0 heterocycles. The number of aryl methyl sites for hydroxylation is 1. The maximum atomic E-state index is 12.3. The lowest BCUT2D eigenvalue weighted by atomic mass is 9.93. The number of ether oxygens (including phenoxy) is 2. The molecule has 0 aliphatic carbocycles. The van der Waals surface area contributed by atoms with Crippen LogP contribution in [0.4, 0.5) is 0 Å². The molecule has 0 saturated carbocycles. The van der Waals surface area contributed by atoms with Gasteiger partial charge in [0.15, 0.2) is 0 Å². The number of nitrogens with zero attached hydrogens (tertiary/aromatic N) is 1. The lowest BCUT2D eigenvalue weighted by Crippen LogP contribution is -2.39. The highest BCUT2D eigenvalue weighted by Gasteiger charge is 2.21. The summed E-state index contributed by atoms with van der Waals surface area (Å²) in [6.07, 6.45) is 1.05. The van der Waals surface area contributed by atoms with E-state index in [-0.39, 0.29) is 11.3 Å². The average molecular weight is 308 g/mol. The van der Waals surface area contributed by atoms with E-state index in [4.69, 9.17) is 15.2 Å². The fraction of sp³-hybridized carbons (Fsp3) is 0.588. The molecule has 1 amide bonds. The summed E-state index contributed by atoms with van der Waals surface area (Å²) in [5.41, 5.74) is 6.62. The topological polar surface area (TPSA) is 64.8 Å². The minimum Gasteiger partial charge on any atom is -0.497 e. The molecule has 124 valence electrons. The Bertz CT molecular complexity index is 501. The van der Waals surface area contributed by atoms with Crippen molar-refractivity contribution in [2.24, 2.45) is 11.1 Å². The van der Waals surface area contributed by atoms with Gasteiger partial charge in [0.25, 0.3) is 0 Å².